The predicted octanol–water partition coefficient (Wildman–Crippen LogP) is 3.67. The van der Waals surface area contributed by atoms with E-state index in [9.17, 15) is 0 Å². The lowest BCUT2D eigenvalue weighted by Gasteiger charge is -2.36. The van der Waals surface area contributed by atoms with E-state index in [0.29, 0.717) is 5.41 Å². The molecule has 1 atom stereocenters. The molecule has 1 aliphatic carbocycles. The van der Waals surface area contributed by atoms with Crippen LogP contribution < -0.4 is 5.32 Å². The van der Waals surface area contributed by atoms with Crippen molar-refractivity contribution in [2.75, 3.05) is 33.2 Å². The first kappa shape index (κ1) is 15.3. The molecule has 0 bridgehead atoms. The Morgan fingerprint density at radius 1 is 1.16 bits per heavy atom. The van der Waals surface area contributed by atoms with Gasteiger partial charge in [0.2, 0.25) is 0 Å². The second-order valence-corrected chi connectivity index (χ2v) is 7.12. The van der Waals surface area contributed by atoms with Gasteiger partial charge in [0.25, 0.3) is 0 Å². The standard InChI is InChI=1S/C17H34N2/c1-3-8-16-9-12-19(13-16)15-17(14-18-2)10-6-4-5-7-11-17/h16,18H,3-15H2,1-2H3. The van der Waals surface area contributed by atoms with Gasteiger partial charge in [-0.1, -0.05) is 39.0 Å². The molecule has 2 fully saturated rings. The van der Waals surface area contributed by atoms with Crippen LogP contribution in [0.5, 0.6) is 0 Å². The summed E-state index contributed by atoms with van der Waals surface area (Å²) in [5.41, 5.74) is 0.576. The summed E-state index contributed by atoms with van der Waals surface area (Å²) in [5.74, 6) is 0.988. The van der Waals surface area contributed by atoms with Crippen molar-refractivity contribution in [3.8, 4) is 0 Å². The molecule has 1 saturated heterocycles. The third-order valence-electron chi connectivity index (χ3n) is 5.34. The second kappa shape index (κ2) is 7.64. The molecule has 0 aromatic carbocycles. The number of likely N-dealkylation sites (tertiary alicyclic amines) is 1. The van der Waals surface area contributed by atoms with Gasteiger partial charge in [-0.25, -0.2) is 0 Å². The lowest BCUT2D eigenvalue weighted by Crippen LogP contribution is -2.42. The topological polar surface area (TPSA) is 15.3 Å². The van der Waals surface area contributed by atoms with Crippen LogP contribution in [0.25, 0.3) is 0 Å². The molecule has 1 heterocycles. The maximum atomic E-state index is 3.49. The summed E-state index contributed by atoms with van der Waals surface area (Å²) in [6.07, 6.45) is 13.0. The fraction of sp³-hybridized carbons (Fsp3) is 1.00. The van der Waals surface area contributed by atoms with Crippen LogP contribution in [0.1, 0.15) is 64.7 Å². The van der Waals surface area contributed by atoms with E-state index in [1.807, 2.05) is 0 Å². The van der Waals surface area contributed by atoms with Crippen LogP contribution in [-0.2, 0) is 0 Å². The van der Waals surface area contributed by atoms with Crippen molar-refractivity contribution in [1.29, 1.82) is 0 Å². The normalized spacial score (nSPS) is 28.4. The second-order valence-electron chi connectivity index (χ2n) is 7.12. The van der Waals surface area contributed by atoms with Crippen molar-refractivity contribution >= 4 is 0 Å². The van der Waals surface area contributed by atoms with Gasteiger partial charge in [-0.05, 0) is 50.6 Å². The van der Waals surface area contributed by atoms with Crippen LogP contribution in [0.15, 0.2) is 0 Å². The number of hydrogen-bond acceptors (Lipinski definition) is 2. The van der Waals surface area contributed by atoms with Crippen molar-refractivity contribution in [3.63, 3.8) is 0 Å². The van der Waals surface area contributed by atoms with Gasteiger partial charge < -0.3 is 10.2 Å². The predicted molar refractivity (Wildman–Crippen MR) is 83.5 cm³/mol. The summed E-state index contributed by atoms with van der Waals surface area (Å²) < 4.78 is 0. The van der Waals surface area contributed by atoms with Gasteiger partial charge in [0.1, 0.15) is 0 Å². The lowest BCUT2D eigenvalue weighted by atomic mass is 9.79. The van der Waals surface area contributed by atoms with E-state index in [1.54, 1.807) is 0 Å². The molecule has 0 radical (unpaired) electrons. The van der Waals surface area contributed by atoms with E-state index >= 15 is 0 Å². The van der Waals surface area contributed by atoms with Crippen LogP contribution in [-0.4, -0.2) is 38.1 Å². The van der Waals surface area contributed by atoms with E-state index in [0.717, 1.165) is 5.92 Å². The molecule has 2 aliphatic rings. The third-order valence-corrected chi connectivity index (χ3v) is 5.34. The molecule has 19 heavy (non-hydrogen) atoms. The summed E-state index contributed by atoms with van der Waals surface area (Å²) in [5, 5.41) is 3.49. The summed E-state index contributed by atoms with van der Waals surface area (Å²) in [4.78, 5) is 2.78. The molecule has 0 amide bonds. The number of hydrogen-bond donors (Lipinski definition) is 1. The molecule has 1 saturated carbocycles. The van der Waals surface area contributed by atoms with Gasteiger partial charge in [0.05, 0.1) is 0 Å². The first-order valence-corrected chi connectivity index (χ1v) is 8.65. The molecule has 1 aliphatic heterocycles. The van der Waals surface area contributed by atoms with Crippen LogP contribution in [0.2, 0.25) is 0 Å². The molecule has 2 heteroatoms. The molecule has 0 aromatic rings. The number of nitrogens with one attached hydrogen (secondary N) is 1. The zero-order chi connectivity index (χ0) is 13.6. The van der Waals surface area contributed by atoms with Gasteiger partial charge in [-0.2, -0.15) is 0 Å². The Kier molecular flexibility index (Phi) is 6.15. The highest BCUT2D eigenvalue weighted by molar-refractivity contribution is 4.89. The lowest BCUT2D eigenvalue weighted by molar-refractivity contribution is 0.144. The van der Waals surface area contributed by atoms with Gasteiger partial charge in [-0.15, -0.1) is 0 Å². The first-order chi connectivity index (χ1) is 9.28. The highest BCUT2D eigenvalue weighted by atomic mass is 15.2. The molecule has 0 aromatic heterocycles. The largest absolute Gasteiger partial charge is 0.319 e. The van der Waals surface area contributed by atoms with E-state index in [2.05, 4.69) is 24.2 Å². The third kappa shape index (κ3) is 4.46. The smallest absolute Gasteiger partial charge is 0.00503 e. The number of nitrogens with zero attached hydrogens (tertiary/aromatic N) is 1. The molecular formula is C17H34N2. The van der Waals surface area contributed by atoms with Crippen molar-refractivity contribution in [2.45, 2.75) is 64.7 Å². The minimum atomic E-state index is 0.576. The van der Waals surface area contributed by atoms with E-state index < -0.39 is 0 Å². The Bertz CT molecular complexity index is 244. The van der Waals surface area contributed by atoms with E-state index in [-0.39, 0.29) is 0 Å². The average molecular weight is 266 g/mol. The minimum Gasteiger partial charge on any atom is -0.319 e. The maximum Gasteiger partial charge on any atom is 0.00503 e. The molecule has 1 unspecified atom stereocenters. The maximum absolute atomic E-state index is 3.49. The Balaban J connectivity index is 1.89. The van der Waals surface area contributed by atoms with Crippen LogP contribution in [0, 0.1) is 11.3 Å². The minimum absolute atomic E-state index is 0.576. The summed E-state index contributed by atoms with van der Waals surface area (Å²) in [6.45, 7) is 7.64. The monoisotopic (exact) mass is 266 g/mol. The highest BCUT2D eigenvalue weighted by Gasteiger charge is 2.34. The number of rotatable bonds is 6. The zero-order valence-corrected chi connectivity index (χ0v) is 13.2. The van der Waals surface area contributed by atoms with Crippen LogP contribution in [0.4, 0.5) is 0 Å². The Morgan fingerprint density at radius 2 is 1.89 bits per heavy atom. The summed E-state index contributed by atoms with van der Waals surface area (Å²) >= 11 is 0. The highest BCUT2D eigenvalue weighted by Crippen LogP contribution is 2.36. The Hall–Kier alpha value is -0.0800. The molecule has 2 nitrogen and oxygen atoms in total. The van der Waals surface area contributed by atoms with Crippen molar-refractivity contribution in [2.24, 2.45) is 11.3 Å². The van der Waals surface area contributed by atoms with Gasteiger partial charge in [0.15, 0.2) is 0 Å². The molecule has 112 valence electrons. The molecule has 0 spiro atoms. The quantitative estimate of drug-likeness (QED) is 0.738. The SMILES string of the molecule is CCCC1CCN(CC2(CNC)CCCCCC2)C1. The van der Waals surface area contributed by atoms with Gasteiger partial charge in [-0.3, -0.25) is 0 Å². The van der Waals surface area contributed by atoms with Crippen molar-refractivity contribution < 1.29 is 0 Å². The Labute approximate surface area is 120 Å². The summed E-state index contributed by atoms with van der Waals surface area (Å²) in [7, 11) is 2.14. The summed E-state index contributed by atoms with van der Waals surface area (Å²) in [6, 6.07) is 0. The molecule has 1 N–H and O–H groups in total. The molecule has 2 rings (SSSR count). The average Bonchev–Trinajstić information content (AvgIpc) is 2.69. The van der Waals surface area contributed by atoms with Gasteiger partial charge >= 0.3 is 0 Å². The van der Waals surface area contributed by atoms with Crippen LogP contribution >= 0.6 is 0 Å². The van der Waals surface area contributed by atoms with Crippen molar-refractivity contribution in [1.82, 2.24) is 10.2 Å². The van der Waals surface area contributed by atoms with Crippen LogP contribution in [0.3, 0.4) is 0 Å². The van der Waals surface area contributed by atoms with Crippen molar-refractivity contribution in [3.05, 3.63) is 0 Å². The fourth-order valence-corrected chi connectivity index (χ4v) is 4.42. The zero-order valence-electron chi connectivity index (χ0n) is 13.2. The molecular weight excluding hydrogens is 232 g/mol. The van der Waals surface area contributed by atoms with E-state index in [4.69, 9.17) is 0 Å². The fourth-order valence-electron chi connectivity index (χ4n) is 4.42. The Morgan fingerprint density at radius 3 is 2.53 bits per heavy atom. The first-order valence-electron chi connectivity index (χ1n) is 8.65. The van der Waals surface area contributed by atoms with Gasteiger partial charge in [0, 0.05) is 19.6 Å². The van der Waals surface area contributed by atoms with E-state index in [1.165, 1.54) is 84.0 Å².